The van der Waals surface area contributed by atoms with E-state index < -0.39 is 29.1 Å². The summed E-state index contributed by atoms with van der Waals surface area (Å²) in [6.07, 6.45) is 0.779. The number of aliphatic carboxylic acids is 1. The number of carboxylic acid groups (broad SMARTS) is 1. The average Bonchev–Trinajstić information content (AvgIpc) is 2.26. The number of rotatable bonds is 6. The van der Waals surface area contributed by atoms with Gasteiger partial charge in [0.25, 0.3) is 5.91 Å². The molecule has 0 fully saturated rings. The van der Waals surface area contributed by atoms with E-state index in [1.54, 1.807) is 6.92 Å². The van der Waals surface area contributed by atoms with Gasteiger partial charge in [-0.2, -0.15) is 0 Å². The zero-order valence-electron chi connectivity index (χ0n) is 10.8. The van der Waals surface area contributed by atoms with Crippen molar-refractivity contribution in [3.8, 4) is 0 Å². The van der Waals surface area contributed by atoms with Crippen molar-refractivity contribution in [2.24, 2.45) is 0 Å². The topological polar surface area (TPSA) is 66.4 Å². The quantitative estimate of drug-likeness (QED) is 0.829. The predicted molar refractivity (Wildman–Crippen MR) is 72.5 cm³/mol. The lowest BCUT2D eigenvalue weighted by Crippen LogP contribution is -2.33. The number of amides is 1. The monoisotopic (exact) mass is 349 g/mol. The van der Waals surface area contributed by atoms with E-state index in [4.69, 9.17) is 5.11 Å². The molecule has 0 aliphatic carbocycles. The molecule has 0 bridgehead atoms. The summed E-state index contributed by atoms with van der Waals surface area (Å²) in [5.41, 5.74) is -0.640. The SMILES string of the molecule is CC(CCCC(=O)O)NC(=O)c1c(F)cc(Br)cc1F. The fraction of sp³-hybridized carbons (Fsp3) is 0.385. The summed E-state index contributed by atoms with van der Waals surface area (Å²) in [5.74, 6) is -3.68. The Labute approximate surface area is 123 Å². The maximum atomic E-state index is 13.6. The van der Waals surface area contributed by atoms with Gasteiger partial charge in [-0.25, -0.2) is 8.78 Å². The number of hydrogen-bond donors (Lipinski definition) is 2. The highest BCUT2D eigenvalue weighted by Gasteiger charge is 2.19. The predicted octanol–water partition coefficient (Wildman–Crippen LogP) is 3.10. The summed E-state index contributed by atoms with van der Waals surface area (Å²) in [6, 6.07) is 1.64. The van der Waals surface area contributed by atoms with Crippen LogP contribution in [-0.2, 0) is 4.79 Å². The number of carboxylic acids is 1. The highest BCUT2D eigenvalue weighted by Crippen LogP contribution is 2.19. The van der Waals surface area contributed by atoms with E-state index in [-0.39, 0.29) is 16.9 Å². The number of halogens is 3. The molecule has 1 unspecified atom stereocenters. The van der Waals surface area contributed by atoms with Gasteiger partial charge in [0, 0.05) is 16.9 Å². The standard InChI is InChI=1S/C13H14BrF2NO3/c1-7(3-2-4-11(18)19)17-13(20)12-9(15)5-8(14)6-10(12)16/h5-7H,2-4H2,1H3,(H,17,20)(H,18,19). The van der Waals surface area contributed by atoms with Crippen molar-refractivity contribution in [1.82, 2.24) is 5.32 Å². The maximum absolute atomic E-state index is 13.6. The molecule has 0 aliphatic heterocycles. The van der Waals surface area contributed by atoms with Crippen LogP contribution in [0.3, 0.4) is 0 Å². The van der Waals surface area contributed by atoms with Gasteiger partial charge in [-0.1, -0.05) is 15.9 Å². The van der Waals surface area contributed by atoms with Gasteiger partial charge in [0.2, 0.25) is 0 Å². The van der Waals surface area contributed by atoms with Crippen molar-refractivity contribution < 1.29 is 23.5 Å². The zero-order chi connectivity index (χ0) is 15.3. The summed E-state index contributed by atoms with van der Waals surface area (Å²) in [4.78, 5) is 22.1. The van der Waals surface area contributed by atoms with Crippen LogP contribution in [0.5, 0.6) is 0 Å². The lowest BCUT2D eigenvalue weighted by atomic mass is 10.1. The molecule has 110 valence electrons. The van der Waals surface area contributed by atoms with Crippen LogP contribution < -0.4 is 5.32 Å². The van der Waals surface area contributed by atoms with Crippen molar-refractivity contribution in [2.75, 3.05) is 0 Å². The van der Waals surface area contributed by atoms with Crippen LogP contribution in [0.1, 0.15) is 36.5 Å². The fourth-order valence-electron chi connectivity index (χ4n) is 1.69. The first-order valence-electron chi connectivity index (χ1n) is 5.98. The van der Waals surface area contributed by atoms with Gasteiger partial charge in [-0.15, -0.1) is 0 Å². The van der Waals surface area contributed by atoms with Gasteiger partial charge in [0.15, 0.2) is 0 Å². The molecule has 1 aromatic carbocycles. The van der Waals surface area contributed by atoms with E-state index >= 15 is 0 Å². The Balaban J connectivity index is 2.65. The lowest BCUT2D eigenvalue weighted by molar-refractivity contribution is -0.137. The molecule has 2 N–H and O–H groups in total. The molecule has 7 heteroatoms. The lowest BCUT2D eigenvalue weighted by Gasteiger charge is -2.14. The van der Waals surface area contributed by atoms with E-state index in [1.165, 1.54) is 0 Å². The third kappa shape index (κ3) is 4.88. The third-order valence-corrected chi connectivity index (χ3v) is 3.10. The minimum absolute atomic E-state index is 0.0127. The van der Waals surface area contributed by atoms with Crippen LogP contribution in [0.25, 0.3) is 0 Å². The van der Waals surface area contributed by atoms with Crippen LogP contribution in [0.15, 0.2) is 16.6 Å². The van der Waals surface area contributed by atoms with Gasteiger partial charge < -0.3 is 10.4 Å². The fourth-order valence-corrected chi connectivity index (χ4v) is 2.09. The second-order valence-electron chi connectivity index (χ2n) is 4.40. The molecular formula is C13H14BrF2NO3. The zero-order valence-corrected chi connectivity index (χ0v) is 12.3. The van der Waals surface area contributed by atoms with Crippen molar-refractivity contribution in [3.63, 3.8) is 0 Å². The van der Waals surface area contributed by atoms with E-state index in [1.807, 2.05) is 0 Å². The summed E-state index contributed by atoms with van der Waals surface area (Å²) in [6.45, 7) is 1.65. The molecule has 1 aromatic rings. The Morgan fingerprint density at radius 1 is 1.35 bits per heavy atom. The summed E-state index contributed by atoms with van der Waals surface area (Å²) in [5, 5.41) is 10.9. The Morgan fingerprint density at radius 3 is 2.40 bits per heavy atom. The van der Waals surface area contributed by atoms with Crippen LogP contribution in [0, 0.1) is 11.6 Å². The second kappa shape index (κ2) is 7.33. The van der Waals surface area contributed by atoms with E-state index in [0.29, 0.717) is 12.8 Å². The Bertz CT molecular complexity index is 499. The first-order valence-corrected chi connectivity index (χ1v) is 6.77. The molecule has 0 saturated heterocycles. The number of benzene rings is 1. The molecule has 0 aromatic heterocycles. The van der Waals surface area contributed by atoms with Crippen LogP contribution in [0.2, 0.25) is 0 Å². The van der Waals surface area contributed by atoms with Crippen molar-refractivity contribution in [1.29, 1.82) is 0 Å². The smallest absolute Gasteiger partial charge is 0.303 e. The summed E-state index contributed by atoms with van der Waals surface area (Å²) in [7, 11) is 0. The van der Waals surface area contributed by atoms with E-state index in [9.17, 15) is 18.4 Å². The molecule has 0 spiro atoms. The highest BCUT2D eigenvalue weighted by atomic mass is 79.9. The Kier molecular flexibility index (Phi) is 6.06. The average molecular weight is 350 g/mol. The van der Waals surface area contributed by atoms with E-state index in [2.05, 4.69) is 21.2 Å². The minimum atomic E-state index is -0.952. The summed E-state index contributed by atoms with van der Waals surface area (Å²) >= 11 is 2.93. The molecular weight excluding hydrogens is 336 g/mol. The van der Waals surface area contributed by atoms with E-state index in [0.717, 1.165) is 12.1 Å². The molecule has 1 rings (SSSR count). The second-order valence-corrected chi connectivity index (χ2v) is 5.32. The minimum Gasteiger partial charge on any atom is -0.481 e. The maximum Gasteiger partial charge on any atom is 0.303 e. The number of hydrogen-bond acceptors (Lipinski definition) is 2. The summed E-state index contributed by atoms with van der Waals surface area (Å²) < 4.78 is 27.3. The first kappa shape index (κ1) is 16.6. The molecule has 0 radical (unpaired) electrons. The van der Waals surface area contributed by atoms with Gasteiger partial charge >= 0.3 is 5.97 Å². The van der Waals surface area contributed by atoms with Crippen LogP contribution >= 0.6 is 15.9 Å². The van der Waals surface area contributed by atoms with Gasteiger partial charge in [0.05, 0.1) is 0 Å². The number of carbonyl (C=O) groups is 2. The normalized spacial score (nSPS) is 12.0. The van der Waals surface area contributed by atoms with Gasteiger partial charge in [0.1, 0.15) is 17.2 Å². The Hall–Kier alpha value is -1.50. The molecule has 4 nitrogen and oxygen atoms in total. The van der Waals surface area contributed by atoms with Crippen molar-refractivity contribution >= 4 is 27.8 Å². The number of carbonyl (C=O) groups excluding carboxylic acids is 1. The molecule has 20 heavy (non-hydrogen) atoms. The molecule has 1 amide bonds. The van der Waals surface area contributed by atoms with Gasteiger partial charge in [-0.05, 0) is 31.9 Å². The number of nitrogens with one attached hydrogen (secondary N) is 1. The third-order valence-electron chi connectivity index (χ3n) is 2.64. The molecule has 1 atom stereocenters. The largest absolute Gasteiger partial charge is 0.481 e. The molecule has 0 heterocycles. The molecule has 0 saturated carbocycles. The van der Waals surface area contributed by atoms with Crippen molar-refractivity contribution in [3.05, 3.63) is 33.8 Å². The van der Waals surface area contributed by atoms with Crippen molar-refractivity contribution in [2.45, 2.75) is 32.2 Å². The van der Waals surface area contributed by atoms with Crippen LogP contribution in [-0.4, -0.2) is 23.0 Å². The van der Waals surface area contributed by atoms with Gasteiger partial charge in [-0.3, -0.25) is 9.59 Å². The first-order chi connectivity index (χ1) is 9.31. The Morgan fingerprint density at radius 2 is 1.90 bits per heavy atom. The molecule has 0 aliphatic rings. The highest BCUT2D eigenvalue weighted by molar-refractivity contribution is 9.10. The van der Waals surface area contributed by atoms with Crippen LogP contribution in [0.4, 0.5) is 8.78 Å².